The lowest BCUT2D eigenvalue weighted by Crippen LogP contribution is -2.49. The Morgan fingerprint density at radius 2 is 2.09 bits per heavy atom. The summed E-state index contributed by atoms with van der Waals surface area (Å²) in [6.07, 6.45) is 8.66. The monoisotopic (exact) mass is 306 g/mol. The predicted octanol–water partition coefficient (Wildman–Crippen LogP) is 1.59. The lowest BCUT2D eigenvalue weighted by molar-refractivity contribution is -0.0775. The molecule has 1 saturated heterocycles. The van der Waals surface area contributed by atoms with Crippen LogP contribution >= 0.6 is 0 Å². The van der Waals surface area contributed by atoms with Gasteiger partial charge in [-0.1, -0.05) is 19.3 Å². The van der Waals surface area contributed by atoms with Crippen LogP contribution < -0.4 is 5.32 Å². The Morgan fingerprint density at radius 1 is 1.32 bits per heavy atom. The first kappa shape index (κ1) is 15.6. The summed E-state index contributed by atoms with van der Waals surface area (Å²) in [5.41, 5.74) is 0.333. The molecule has 0 bridgehead atoms. The number of anilines is 1. The average Bonchev–Trinajstić information content (AvgIpc) is 2.55. The molecule has 1 aliphatic carbocycles. The molecule has 6 nitrogen and oxygen atoms in total. The van der Waals surface area contributed by atoms with Gasteiger partial charge in [-0.15, -0.1) is 0 Å². The minimum absolute atomic E-state index is 0.0860. The van der Waals surface area contributed by atoms with Crippen molar-refractivity contribution in [1.29, 1.82) is 0 Å². The molecule has 2 aliphatic rings. The second kappa shape index (κ2) is 6.89. The SMILES string of the molecule is CNc1nccnc1[C@@H]1CN(CC2(O)CCCCC2)CCO1. The standard InChI is InChI=1S/C16H26N4O2/c1-17-15-14(18-7-8-19-15)13-11-20(9-10-22-13)12-16(21)5-3-2-4-6-16/h7-8,13,21H,2-6,9-12H2,1H3,(H,17,19)/t13-/m0/s1. The average molecular weight is 306 g/mol. The van der Waals surface area contributed by atoms with E-state index < -0.39 is 5.60 Å². The van der Waals surface area contributed by atoms with Crippen molar-refractivity contribution in [3.05, 3.63) is 18.1 Å². The van der Waals surface area contributed by atoms with Gasteiger partial charge < -0.3 is 15.2 Å². The van der Waals surface area contributed by atoms with E-state index in [1.54, 1.807) is 12.4 Å². The summed E-state index contributed by atoms with van der Waals surface area (Å²) in [5, 5.41) is 13.8. The third kappa shape index (κ3) is 3.56. The molecule has 1 aromatic heterocycles. The number of ether oxygens (including phenoxy) is 1. The van der Waals surface area contributed by atoms with Crippen molar-refractivity contribution >= 4 is 5.82 Å². The van der Waals surface area contributed by atoms with Crippen LogP contribution in [0.2, 0.25) is 0 Å². The molecule has 1 saturated carbocycles. The summed E-state index contributed by atoms with van der Waals surface area (Å²) in [4.78, 5) is 11.1. The van der Waals surface area contributed by atoms with Gasteiger partial charge in [-0.2, -0.15) is 0 Å². The van der Waals surface area contributed by atoms with E-state index >= 15 is 0 Å². The Bertz CT molecular complexity index is 491. The Balaban J connectivity index is 1.66. The van der Waals surface area contributed by atoms with Crippen molar-refractivity contribution < 1.29 is 9.84 Å². The van der Waals surface area contributed by atoms with Gasteiger partial charge >= 0.3 is 0 Å². The molecule has 0 spiro atoms. The van der Waals surface area contributed by atoms with Gasteiger partial charge in [-0.25, -0.2) is 4.98 Å². The normalized spacial score (nSPS) is 25.8. The fraction of sp³-hybridized carbons (Fsp3) is 0.750. The summed E-state index contributed by atoms with van der Waals surface area (Å²) in [5.74, 6) is 0.769. The van der Waals surface area contributed by atoms with Crippen molar-refractivity contribution in [2.75, 3.05) is 38.6 Å². The van der Waals surface area contributed by atoms with Crippen LogP contribution in [-0.2, 0) is 4.74 Å². The molecule has 2 fully saturated rings. The molecule has 2 heterocycles. The van der Waals surface area contributed by atoms with Crippen LogP contribution in [0.3, 0.4) is 0 Å². The predicted molar refractivity (Wildman–Crippen MR) is 84.7 cm³/mol. The van der Waals surface area contributed by atoms with Gasteiger partial charge in [0.1, 0.15) is 17.6 Å². The molecule has 3 rings (SSSR count). The van der Waals surface area contributed by atoms with Crippen LogP contribution in [-0.4, -0.2) is 58.9 Å². The maximum absolute atomic E-state index is 10.8. The van der Waals surface area contributed by atoms with Crippen molar-refractivity contribution in [3.8, 4) is 0 Å². The number of rotatable bonds is 4. The first-order chi connectivity index (χ1) is 10.7. The lowest BCUT2D eigenvalue weighted by atomic mass is 9.84. The zero-order chi connectivity index (χ0) is 15.4. The van der Waals surface area contributed by atoms with Gasteiger partial charge in [0.15, 0.2) is 0 Å². The molecule has 6 heteroatoms. The topological polar surface area (TPSA) is 70.5 Å². The summed E-state index contributed by atoms with van der Waals surface area (Å²) >= 11 is 0. The molecule has 1 aliphatic heterocycles. The highest BCUT2D eigenvalue weighted by Crippen LogP contribution is 2.31. The van der Waals surface area contributed by atoms with E-state index in [1.807, 2.05) is 7.05 Å². The molecular weight excluding hydrogens is 280 g/mol. The van der Waals surface area contributed by atoms with Gasteiger partial charge in [0.05, 0.1) is 12.2 Å². The van der Waals surface area contributed by atoms with Crippen LogP contribution in [0, 0.1) is 0 Å². The van der Waals surface area contributed by atoms with Gasteiger partial charge in [0, 0.05) is 39.1 Å². The first-order valence-electron chi connectivity index (χ1n) is 8.25. The number of nitrogens with one attached hydrogen (secondary N) is 1. The van der Waals surface area contributed by atoms with Gasteiger partial charge in [0.2, 0.25) is 0 Å². The van der Waals surface area contributed by atoms with Gasteiger partial charge in [-0.3, -0.25) is 9.88 Å². The molecule has 0 aromatic carbocycles. The van der Waals surface area contributed by atoms with Crippen molar-refractivity contribution in [1.82, 2.24) is 14.9 Å². The van der Waals surface area contributed by atoms with Crippen molar-refractivity contribution in [2.45, 2.75) is 43.8 Å². The van der Waals surface area contributed by atoms with Gasteiger partial charge in [0.25, 0.3) is 0 Å². The Kier molecular flexibility index (Phi) is 4.90. The zero-order valence-electron chi connectivity index (χ0n) is 13.3. The fourth-order valence-electron chi connectivity index (χ4n) is 3.57. The Morgan fingerprint density at radius 3 is 2.86 bits per heavy atom. The Labute approximate surface area is 131 Å². The quantitative estimate of drug-likeness (QED) is 0.880. The van der Waals surface area contributed by atoms with Crippen LogP contribution in [0.5, 0.6) is 0 Å². The number of morpholine rings is 1. The van der Waals surface area contributed by atoms with Crippen LogP contribution in [0.1, 0.15) is 43.9 Å². The highest BCUT2D eigenvalue weighted by Gasteiger charge is 2.34. The maximum Gasteiger partial charge on any atom is 0.150 e. The summed E-state index contributed by atoms with van der Waals surface area (Å²) < 4.78 is 5.89. The van der Waals surface area contributed by atoms with E-state index in [0.717, 1.165) is 56.8 Å². The first-order valence-corrected chi connectivity index (χ1v) is 8.25. The number of hydrogen-bond donors (Lipinski definition) is 2. The number of nitrogens with zero attached hydrogens (tertiary/aromatic N) is 3. The molecule has 2 N–H and O–H groups in total. The molecular formula is C16H26N4O2. The molecule has 0 radical (unpaired) electrons. The summed E-state index contributed by atoms with van der Waals surface area (Å²) in [6.45, 7) is 3.03. The molecule has 0 amide bonds. The number of β-amino-alcohol motifs (C(OH)–C–C–N with tert-alkyl or cyclic N) is 1. The van der Waals surface area contributed by atoms with E-state index in [2.05, 4.69) is 20.2 Å². The highest BCUT2D eigenvalue weighted by atomic mass is 16.5. The van der Waals surface area contributed by atoms with Crippen LogP contribution in [0.4, 0.5) is 5.82 Å². The third-order valence-corrected chi connectivity index (χ3v) is 4.72. The van der Waals surface area contributed by atoms with Crippen LogP contribution in [0.15, 0.2) is 12.4 Å². The number of hydrogen-bond acceptors (Lipinski definition) is 6. The van der Waals surface area contributed by atoms with Crippen molar-refractivity contribution in [2.24, 2.45) is 0 Å². The maximum atomic E-state index is 10.8. The third-order valence-electron chi connectivity index (χ3n) is 4.72. The molecule has 22 heavy (non-hydrogen) atoms. The minimum Gasteiger partial charge on any atom is -0.389 e. The second-order valence-electron chi connectivity index (χ2n) is 6.42. The largest absolute Gasteiger partial charge is 0.389 e. The number of aromatic nitrogens is 2. The molecule has 1 aromatic rings. The molecule has 122 valence electrons. The van der Waals surface area contributed by atoms with Crippen molar-refractivity contribution in [3.63, 3.8) is 0 Å². The lowest BCUT2D eigenvalue weighted by Gasteiger charge is -2.40. The van der Waals surface area contributed by atoms with E-state index in [-0.39, 0.29) is 6.10 Å². The van der Waals surface area contributed by atoms with Crippen LogP contribution in [0.25, 0.3) is 0 Å². The van der Waals surface area contributed by atoms with E-state index in [1.165, 1.54) is 6.42 Å². The number of aliphatic hydroxyl groups is 1. The second-order valence-corrected chi connectivity index (χ2v) is 6.42. The van der Waals surface area contributed by atoms with Gasteiger partial charge in [-0.05, 0) is 12.8 Å². The van der Waals surface area contributed by atoms with E-state index in [4.69, 9.17) is 4.74 Å². The Hall–Kier alpha value is -1.24. The summed E-state index contributed by atoms with van der Waals surface area (Å²) in [6, 6.07) is 0. The highest BCUT2D eigenvalue weighted by molar-refractivity contribution is 5.40. The molecule has 1 atom stereocenters. The van der Waals surface area contributed by atoms with E-state index in [9.17, 15) is 5.11 Å². The smallest absolute Gasteiger partial charge is 0.150 e. The van der Waals surface area contributed by atoms with E-state index in [0.29, 0.717) is 6.61 Å². The minimum atomic E-state index is -0.520. The molecule has 0 unspecified atom stereocenters. The zero-order valence-corrected chi connectivity index (χ0v) is 13.3. The summed E-state index contributed by atoms with van der Waals surface area (Å²) in [7, 11) is 1.85. The fourth-order valence-corrected chi connectivity index (χ4v) is 3.57.